The van der Waals surface area contributed by atoms with Crippen LogP contribution in [0.1, 0.15) is 12.3 Å². The lowest BCUT2D eigenvalue weighted by Crippen LogP contribution is -2.21. The van der Waals surface area contributed by atoms with E-state index in [-0.39, 0.29) is 13.0 Å². The predicted octanol–water partition coefficient (Wildman–Crippen LogP) is 4.61. The van der Waals surface area contributed by atoms with E-state index in [4.69, 9.17) is 9.15 Å². The molecule has 0 atom stereocenters. The lowest BCUT2D eigenvalue weighted by atomic mass is 10.1. The number of hydrogen-bond acceptors (Lipinski definition) is 5. The van der Waals surface area contributed by atoms with Crippen LogP contribution in [-0.2, 0) is 20.7 Å². The summed E-state index contributed by atoms with van der Waals surface area (Å²) in [4.78, 5) is 28.3. The second-order valence-electron chi connectivity index (χ2n) is 6.73. The maximum Gasteiger partial charge on any atom is 0.306 e. The average Bonchev–Trinajstić information content (AvgIpc) is 3.20. The van der Waals surface area contributed by atoms with Crippen LogP contribution in [0.4, 0.5) is 5.69 Å². The van der Waals surface area contributed by atoms with Gasteiger partial charge in [0.25, 0.3) is 5.91 Å². The van der Waals surface area contributed by atoms with Crippen LogP contribution in [-0.4, -0.2) is 23.5 Å². The minimum atomic E-state index is -0.480. The van der Waals surface area contributed by atoms with Gasteiger partial charge in [-0.15, -0.1) is 0 Å². The third kappa shape index (κ3) is 4.91. The molecule has 6 nitrogen and oxygen atoms in total. The van der Waals surface area contributed by atoms with Gasteiger partial charge in [-0.3, -0.25) is 9.59 Å². The molecule has 0 radical (unpaired) electrons. The van der Waals surface area contributed by atoms with Gasteiger partial charge in [0.15, 0.2) is 18.1 Å². The van der Waals surface area contributed by atoms with E-state index in [0.717, 1.165) is 16.6 Å². The van der Waals surface area contributed by atoms with E-state index >= 15 is 0 Å². The molecule has 1 heterocycles. The van der Waals surface area contributed by atoms with Gasteiger partial charge in [-0.2, -0.15) is 0 Å². The number of amides is 1. The molecule has 0 fully saturated rings. The number of aromatic nitrogens is 1. The molecular formula is C24H20N2O4. The fourth-order valence-electron chi connectivity index (χ4n) is 3.03. The third-order valence-corrected chi connectivity index (χ3v) is 4.52. The van der Waals surface area contributed by atoms with Crippen LogP contribution in [0, 0.1) is 0 Å². The highest BCUT2D eigenvalue weighted by Crippen LogP contribution is 2.21. The van der Waals surface area contributed by atoms with Gasteiger partial charge in [0.2, 0.25) is 0 Å². The summed E-state index contributed by atoms with van der Waals surface area (Å²) in [5.41, 5.74) is 4.22. The van der Waals surface area contributed by atoms with Crippen molar-refractivity contribution in [3.8, 4) is 11.1 Å². The number of rotatable bonds is 7. The molecular weight excluding hydrogens is 380 g/mol. The summed E-state index contributed by atoms with van der Waals surface area (Å²) in [6.07, 6.45) is 0.405. The molecule has 0 saturated carbocycles. The maximum atomic E-state index is 12.0. The van der Waals surface area contributed by atoms with Gasteiger partial charge in [-0.05, 0) is 35.4 Å². The Bertz CT molecular complexity index is 1120. The van der Waals surface area contributed by atoms with Crippen LogP contribution in [0.3, 0.4) is 0 Å². The van der Waals surface area contributed by atoms with Crippen molar-refractivity contribution in [1.29, 1.82) is 0 Å². The second kappa shape index (κ2) is 9.05. The number of benzene rings is 3. The van der Waals surface area contributed by atoms with Crippen LogP contribution in [0.25, 0.3) is 22.2 Å². The van der Waals surface area contributed by atoms with Crippen LogP contribution < -0.4 is 5.32 Å². The summed E-state index contributed by atoms with van der Waals surface area (Å²) in [5, 5.41) is 2.72. The van der Waals surface area contributed by atoms with Gasteiger partial charge < -0.3 is 14.5 Å². The topological polar surface area (TPSA) is 81.4 Å². The predicted molar refractivity (Wildman–Crippen MR) is 114 cm³/mol. The minimum Gasteiger partial charge on any atom is -0.456 e. The second-order valence-corrected chi connectivity index (χ2v) is 6.73. The molecule has 0 aliphatic rings. The SMILES string of the molecule is O=C(COC(=O)CCc1nc2ccccc2o1)Nc1ccc(-c2ccccc2)cc1. The van der Waals surface area contributed by atoms with Crippen LogP contribution >= 0.6 is 0 Å². The molecule has 1 N–H and O–H groups in total. The molecule has 0 aliphatic heterocycles. The molecule has 0 bridgehead atoms. The molecule has 3 aromatic carbocycles. The highest BCUT2D eigenvalue weighted by Gasteiger charge is 2.11. The lowest BCUT2D eigenvalue weighted by molar-refractivity contribution is -0.147. The number of nitrogens with zero attached hydrogens (tertiary/aromatic N) is 1. The Hall–Kier alpha value is -3.93. The zero-order valence-corrected chi connectivity index (χ0v) is 16.2. The van der Waals surface area contributed by atoms with E-state index in [1.807, 2.05) is 78.9 Å². The fraction of sp³-hybridized carbons (Fsp3) is 0.125. The monoisotopic (exact) mass is 400 g/mol. The molecule has 1 aromatic heterocycles. The molecule has 150 valence electrons. The first kappa shape index (κ1) is 19.4. The van der Waals surface area contributed by atoms with E-state index < -0.39 is 11.9 Å². The van der Waals surface area contributed by atoms with Crippen LogP contribution in [0.15, 0.2) is 83.3 Å². The number of para-hydroxylation sites is 2. The van der Waals surface area contributed by atoms with Gasteiger partial charge >= 0.3 is 5.97 Å². The standard InChI is InChI=1S/C24H20N2O4/c27-22(25-19-12-10-18(11-13-19)17-6-2-1-3-7-17)16-29-24(28)15-14-23-26-20-8-4-5-9-21(20)30-23/h1-13H,14-16H2,(H,25,27). The summed E-state index contributed by atoms with van der Waals surface area (Å²) in [5.74, 6) is -0.402. The Morgan fingerprint density at radius 3 is 2.33 bits per heavy atom. The summed E-state index contributed by atoms with van der Waals surface area (Å²) in [6, 6.07) is 24.8. The molecule has 4 rings (SSSR count). The fourth-order valence-corrected chi connectivity index (χ4v) is 3.03. The Morgan fingerprint density at radius 1 is 0.867 bits per heavy atom. The van der Waals surface area contributed by atoms with Crippen LogP contribution in [0.2, 0.25) is 0 Å². The van der Waals surface area contributed by atoms with Crippen molar-refractivity contribution in [2.75, 3.05) is 11.9 Å². The summed E-state index contributed by atoms with van der Waals surface area (Å²) in [7, 11) is 0. The lowest BCUT2D eigenvalue weighted by Gasteiger charge is -2.07. The number of fused-ring (bicyclic) bond motifs is 1. The average molecular weight is 400 g/mol. The summed E-state index contributed by atoms with van der Waals surface area (Å²) >= 11 is 0. The van der Waals surface area contributed by atoms with Crippen molar-refractivity contribution in [2.24, 2.45) is 0 Å². The van der Waals surface area contributed by atoms with Crippen molar-refractivity contribution in [3.63, 3.8) is 0 Å². The van der Waals surface area contributed by atoms with Gasteiger partial charge in [0, 0.05) is 12.1 Å². The molecule has 6 heteroatoms. The van der Waals surface area contributed by atoms with E-state index in [9.17, 15) is 9.59 Å². The number of nitrogens with one attached hydrogen (secondary N) is 1. The van der Waals surface area contributed by atoms with Gasteiger partial charge in [0.05, 0.1) is 6.42 Å². The van der Waals surface area contributed by atoms with E-state index in [2.05, 4.69) is 10.3 Å². The number of oxazole rings is 1. The first-order valence-corrected chi connectivity index (χ1v) is 9.63. The molecule has 4 aromatic rings. The zero-order valence-electron chi connectivity index (χ0n) is 16.2. The third-order valence-electron chi connectivity index (χ3n) is 4.52. The number of ether oxygens (including phenoxy) is 1. The first-order valence-electron chi connectivity index (χ1n) is 9.63. The van der Waals surface area contributed by atoms with E-state index in [1.54, 1.807) is 0 Å². The molecule has 0 spiro atoms. The number of aryl methyl sites for hydroxylation is 1. The molecule has 0 unspecified atom stereocenters. The Balaban J connectivity index is 1.22. The largest absolute Gasteiger partial charge is 0.456 e. The maximum absolute atomic E-state index is 12.0. The Kier molecular flexibility index (Phi) is 5.85. The molecule has 0 aliphatic carbocycles. The zero-order chi connectivity index (χ0) is 20.8. The number of esters is 1. The summed E-state index contributed by atoms with van der Waals surface area (Å²) in [6.45, 7) is -0.340. The van der Waals surface area contributed by atoms with Crippen LogP contribution in [0.5, 0.6) is 0 Å². The highest BCUT2D eigenvalue weighted by molar-refractivity contribution is 5.93. The number of carbonyl (C=O) groups is 2. The van der Waals surface area contributed by atoms with Crippen molar-refractivity contribution >= 4 is 28.7 Å². The number of carbonyl (C=O) groups excluding carboxylic acids is 2. The van der Waals surface area contributed by atoms with Crippen molar-refractivity contribution in [1.82, 2.24) is 4.98 Å². The van der Waals surface area contributed by atoms with Gasteiger partial charge in [-0.1, -0.05) is 54.6 Å². The van der Waals surface area contributed by atoms with Crippen molar-refractivity contribution in [2.45, 2.75) is 12.8 Å². The van der Waals surface area contributed by atoms with Crippen molar-refractivity contribution < 1.29 is 18.7 Å². The highest BCUT2D eigenvalue weighted by atomic mass is 16.5. The quantitative estimate of drug-likeness (QED) is 0.458. The van der Waals surface area contributed by atoms with Gasteiger partial charge in [-0.25, -0.2) is 4.98 Å². The molecule has 30 heavy (non-hydrogen) atoms. The minimum absolute atomic E-state index is 0.0892. The summed E-state index contributed by atoms with van der Waals surface area (Å²) < 4.78 is 10.6. The van der Waals surface area contributed by atoms with E-state index in [0.29, 0.717) is 23.6 Å². The Morgan fingerprint density at radius 2 is 1.57 bits per heavy atom. The molecule has 1 amide bonds. The van der Waals surface area contributed by atoms with Crippen molar-refractivity contribution in [3.05, 3.63) is 84.8 Å². The normalized spacial score (nSPS) is 10.7. The first-order chi connectivity index (χ1) is 14.7. The van der Waals surface area contributed by atoms with E-state index in [1.165, 1.54) is 0 Å². The molecule has 0 saturated heterocycles. The smallest absolute Gasteiger partial charge is 0.306 e. The van der Waals surface area contributed by atoms with Gasteiger partial charge in [0.1, 0.15) is 5.52 Å². The number of anilines is 1. The Labute approximate surface area is 173 Å². The number of hydrogen-bond donors (Lipinski definition) is 1.